The van der Waals surface area contributed by atoms with Gasteiger partial charge in [0.25, 0.3) is 5.82 Å². The van der Waals surface area contributed by atoms with Crippen molar-refractivity contribution in [3.63, 3.8) is 0 Å². The highest BCUT2D eigenvalue weighted by Gasteiger charge is 2.53. The van der Waals surface area contributed by atoms with E-state index in [1.807, 2.05) is 43.7 Å². The summed E-state index contributed by atoms with van der Waals surface area (Å²) >= 11 is 0. The lowest BCUT2D eigenvalue weighted by atomic mass is 10.0. The molecule has 1 aromatic heterocycles. The van der Waals surface area contributed by atoms with Crippen LogP contribution in [0.2, 0.25) is 0 Å². The Labute approximate surface area is 188 Å². The number of hydrogen-bond acceptors (Lipinski definition) is 4. The highest BCUT2D eigenvalue weighted by molar-refractivity contribution is 7.89. The highest BCUT2D eigenvalue weighted by atomic mass is 32.2. The van der Waals surface area contributed by atoms with Gasteiger partial charge in [0, 0.05) is 17.9 Å². The second kappa shape index (κ2) is 8.63. The number of anilines is 1. The van der Waals surface area contributed by atoms with Crippen molar-refractivity contribution in [1.29, 1.82) is 0 Å². The van der Waals surface area contributed by atoms with Crippen LogP contribution in [0.5, 0.6) is 0 Å². The molecular formula is C23H29N4O4S+. The molecule has 0 bridgehead atoms. The largest absolute Gasteiger partial charge is 0.339 e. The molecule has 0 aliphatic carbocycles. The molecule has 9 heteroatoms. The van der Waals surface area contributed by atoms with Crippen LogP contribution >= 0.6 is 0 Å². The fraction of sp³-hybridized carbons (Fsp3) is 0.435. The SMILES string of the molecule is CC[C@@H](C)C(=O)N[C@@H]1C(=O)N2c3c(ccc[n+]3C1C)C[C@H]2CNS(=O)(=O)c1ccccc1. The monoisotopic (exact) mass is 457 g/mol. The van der Waals surface area contributed by atoms with Crippen LogP contribution in [0.25, 0.3) is 0 Å². The molecule has 1 aromatic carbocycles. The Morgan fingerprint density at radius 1 is 1.22 bits per heavy atom. The lowest BCUT2D eigenvalue weighted by Gasteiger charge is -2.33. The maximum atomic E-state index is 13.5. The molecule has 4 rings (SSSR count). The van der Waals surface area contributed by atoms with Crippen molar-refractivity contribution in [3.8, 4) is 0 Å². The van der Waals surface area contributed by atoms with Gasteiger partial charge in [0.1, 0.15) is 12.1 Å². The average Bonchev–Trinajstić information content (AvgIpc) is 3.18. The molecule has 4 atom stereocenters. The Morgan fingerprint density at radius 3 is 2.62 bits per heavy atom. The molecule has 0 spiro atoms. The van der Waals surface area contributed by atoms with Crippen LogP contribution in [0.4, 0.5) is 5.82 Å². The number of carbonyl (C=O) groups is 2. The van der Waals surface area contributed by atoms with Crippen molar-refractivity contribution in [2.24, 2.45) is 5.92 Å². The smallest absolute Gasteiger partial charge is 0.336 e. The van der Waals surface area contributed by atoms with E-state index >= 15 is 0 Å². The Morgan fingerprint density at radius 2 is 1.94 bits per heavy atom. The first-order chi connectivity index (χ1) is 15.2. The summed E-state index contributed by atoms with van der Waals surface area (Å²) in [7, 11) is -3.70. The van der Waals surface area contributed by atoms with Crippen molar-refractivity contribution in [3.05, 3.63) is 54.2 Å². The summed E-state index contributed by atoms with van der Waals surface area (Å²) in [6.07, 6.45) is 3.13. The van der Waals surface area contributed by atoms with Crippen molar-refractivity contribution in [2.75, 3.05) is 11.4 Å². The standard InChI is InChI=1S/C23H28N4O4S/c1-4-15(2)21(28)25-20-16(3)26-12-8-9-17-13-18(27(22(17)26)23(20)29)14-24-32(30,31)19-10-6-5-7-11-19/h5-12,15-16,18,20,24H,4,13-14H2,1-3H3/p+1/t15-,16?,18+,20+/m1/s1. The number of nitrogens with zero attached hydrogens (tertiary/aromatic N) is 2. The molecule has 170 valence electrons. The molecule has 3 heterocycles. The molecule has 0 saturated heterocycles. The van der Waals surface area contributed by atoms with E-state index in [2.05, 4.69) is 10.0 Å². The summed E-state index contributed by atoms with van der Waals surface area (Å²) < 4.78 is 30.1. The highest BCUT2D eigenvalue weighted by Crippen LogP contribution is 2.34. The Hall–Kier alpha value is -2.78. The lowest BCUT2D eigenvalue weighted by molar-refractivity contribution is -0.711. The number of rotatable bonds is 7. The van der Waals surface area contributed by atoms with Crippen LogP contribution in [-0.2, 0) is 26.0 Å². The molecule has 2 aliphatic heterocycles. The zero-order valence-corrected chi connectivity index (χ0v) is 19.3. The van der Waals surface area contributed by atoms with Crippen LogP contribution in [-0.4, -0.2) is 38.9 Å². The fourth-order valence-corrected chi connectivity index (χ4v) is 5.46. The number of amides is 2. The van der Waals surface area contributed by atoms with Gasteiger partial charge in [-0.2, -0.15) is 4.90 Å². The molecule has 32 heavy (non-hydrogen) atoms. The van der Waals surface area contributed by atoms with Gasteiger partial charge in [-0.05, 0) is 37.6 Å². The summed E-state index contributed by atoms with van der Waals surface area (Å²) in [5.41, 5.74) is 0.989. The van der Waals surface area contributed by atoms with Gasteiger partial charge in [0.15, 0.2) is 6.04 Å². The third kappa shape index (κ3) is 3.91. The third-order valence-electron chi connectivity index (χ3n) is 6.47. The van der Waals surface area contributed by atoms with Gasteiger partial charge in [-0.1, -0.05) is 32.0 Å². The summed E-state index contributed by atoms with van der Waals surface area (Å²) in [6, 6.07) is 10.7. The molecule has 2 aromatic rings. The van der Waals surface area contributed by atoms with Crippen LogP contribution < -0.4 is 19.5 Å². The molecule has 0 fully saturated rings. The predicted octanol–water partition coefficient (Wildman–Crippen LogP) is 1.32. The number of aromatic nitrogens is 1. The van der Waals surface area contributed by atoms with Gasteiger partial charge in [-0.25, -0.2) is 22.5 Å². The molecule has 0 radical (unpaired) electrons. The Balaban J connectivity index is 1.60. The molecular weight excluding hydrogens is 428 g/mol. The molecule has 1 unspecified atom stereocenters. The van der Waals surface area contributed by atoms with Gasteiger partial charge in [-0.15, -0.1) is 0 Å². The Bertz CT molecular complexity index is 1140. The van der Waals surface area contributed by atoms with E-state index in [1.54, 1.807) is 23.1 Å². The van der Waals surface area contributed by atoms with Gasteiger partial charge in [-0.3, -0.25) is 4.79 Å². The van der Waals surface area contributed by atoms with Crippen LogP contribution in [0.15, 0.2) is 53.6 Å². The minimum Gasteiger partial charge on any atom is -0.339 e. The third-order valence-corrected chi connectivity index (χ3v) is 7.91. The fourth-order valence-electron chi connectivity index (χ4n) is 4.36. The second-order valence-electron chi connectivity index (χ2n) is 8.53. The summed E-state index contributed by atoms with van der Waals surface area (Å²) in [5, 5.41) is 2.93. The van der Waals surface area contributed by atoms with Crippen LogP contribution in [0.3, 0.4) is 0 Å². The van der Waals surface area contributed by atoms with Gasteiger partial charge in [0.05, 0.1) is 17.6 Å². The number of benzene rings is 1. The first-order valence-corrected chi connectivity index (χ1v) is 12.4. The molecule has 2 amide bonds. The van der Waals surface area contributed by atoms with Crippen LogP contribution in [0.1, 0.15) is 38.8 Å². The summed E-state index contributed by atoms with van der Waals surface area (Å²) in [4.78, 5) is 27.9. The van der Waals surface area contributed by atoms with E-state index < -0.39 is 16.1 Å². The zero-order chi connectivity index (χ0) is 23.0. The van der Waals surface area contributed by atoms with Crippen LogP contribution in [0, 0.1) is 5.92 Å². The van der Waals surface area contributed by atoms with E-state index in [1.165, 1.54) is 12.1 Å². The maximum Gasteiger partial charge on any atom is 0.336 e. The quantitative estimate of drug-likeness (QED) is 0.613. The molecule has 8 nitrogen and oxygen atoms in total. The van der Waals surface area contributed by atoms with Gasteiger partial charge < -0.3 is 5.32 Å². The zero-order valence-electron chi connectivity index (χ0n) is 18.5. The average molecular weight is 458 g/mol. The minimum absolute atomic E-state index is 0.0814. The summed E-state index contributed by atoms with van der Waals surface area (Å²) in [6.45, 7) is 5.77. The van der Waals surface area contributed by atoms with Gasteiger partial charge in [0.2, 0.25) is 15.9 Å². The van der Waals surface area contributed by atoms with Crippen molar-refractivity contribution < 1.29 is 22.6 Å². The van der Waals surface area contributed by atoms with Crippen molar-refractivity contribution in [1.82, 2.24) is 10.0 Å². The first kappa shape index (κ1) is 22.4. The number of hydrogen-bond donors (Lipinski definition) is 2. The number of carbonyl (C=O) groups excluding carboxylic acids is 2. The topological polar surface area (TPSA) is 99.5 Å². The van der Waals surface area contributed by atoms with E-state index in [0.29, 0.717) is 12.8 Å². The first-order valence-electron chi connectivity index (χ1n) is 11.0. The van der Waals surface area contributed by atoms with E-state index in [0.717, 1.165) is 11.4 Å². The number of nitrogens with one attached hydrogen (secondary N) is 2. The van der Waals surface area contributed by atoms with E-state index in [9.17, 15) is 18.0 Å². The second-order valence-corrected chi connectivity index (χ2v) is 10.3. The predicted molar refractivity (Wildman–Crippen MR) is 119 cm³/mol. The van der Waals surface area contributed by atoms with E-state index in [4.69, 9.17) is 0 Å². The van der Waals surface area contributed by atoms with Gasteiger partial charge >= 0.3 is 5.91 Å². The van der Waals surface area contributed by atoms with Crippen molar-refractivity contribution in [2.45, 2.75) is 56.6 Å². The molecule has 2 N–H and O–H groups in total. The molecule has 2 aliphatic rings. The lowest BCUT2D eigenvalue weighted by Crippen LogP contribution is -2.66. The maximum absolute atomic E-state index is 13.5. The normalized spacial score (nSPS) is 23.0. The van der Waals surface area contributed by atoms with Crippen molar-refractivity contribution >= 4 is 27.7 Å². The van der Waals surface area contributed by atoms with E-state index in [-0.39, 0.29) is 41.3 Å². The molecule has 0 saturated carbocycles. The Kier molecular flexibility index (Phi) is 6.05. The number of sulfonamides is 1. The summed E-state index contributed by atoms with van der Waals surface area (Å²) in [5.74, 6) is 0.226. The minimum atomic E-state index is -3.70. The number of pyridine rings is 1.